The predicted octanol–water partition coefficient (Wildman–Crippen LogP) is 0.741. The van der Waals surface area contributed by atoms with Gasteiger partial charge in [-0.2, -0.15) is 0 Å². The monoisotopic (exact) mass is 155 g/mol. The molecule has 11 heavy (non-hydrogen) atoms. The lowest BCUT2D eigenvalue weighted by Crippen LogP contribution is -2.23. The minimum absolute atomic E-state index is 0.169. The van der Waals surface area contributed by atoms with Crippen molar-refractivity contribution in [1.29, 1.82) is 0 Å². The third kappa shape index (κ3) is 2.09. The average Bonchev–Trinajstić information content (AvgIpc) is 2.35. The van der Waals surface area contributed by atoms with E-state index in [1.165, 1.54) is 12.3 Å². The Hall–Kier alpha value is -1.29. The van der Waals surface area contributed by atoms with E-state index in [0.29, 0.717) is 0 Å². The summed E-state index contributed by atoms with van der Waals surface area (Å²) in [5.74, 6) is -0.368. The van der Waals surface area contributed by atoms with E-state index in [2.05, 4.69) is 4.74 Å². The van der Waals surface area contributed by atoms with Crippen LogP contribution in [0.1, 0.15) is 17.5 Å². The fraction of sp³-hybridized carbons (Fsp3) is 0.286. The highest BCUT2D eigenvalue weighted by Gasteiger charge is 2.10. The van der Waals surface area contributed by atoms with Gasteiger partial charge < -0.3 is 9.15 Å². The first-order valence-electron chi connectivity index (χ1n) is 3.20. The quantitative estimate of drug-likeness (QED) is 0.505. The van der Waals surface area contributed by atoms with E-state index in [1.807, 2.05) is 0 Å². The van der Waals surface area contributed by atoms with Gasteiger partial charge in [-0.15, -0.1) is 0 Å². The molecule has 0 bridgehead atoms. The highest BCUT2D eigenvalue weighted by atomic mass is 16.6. The topological polar surface area (TPSA) is 65.5 Å². The van der Waals surface area contributed by atoms with Crippen molar-refractivity contribution < 1.29 is 13.9 Å². The summed E-state index contributed by atoms with van der Waals surface area (Å²) in [6, 6.07) is 3.13. The summed E-state index contributed by atoms with van der Waals surface area (Å²) in [6.07, 6.45) is 0.796. The Morgan fingerprint density at radius 1 is 1.82 bits per heavy atom. The minimum Gasteiger partial charge on any atom is -0.457 e. The number of esters is 1. The summed E-state index contributed by atoms with van der Waals surface area (Å²) in [4.78, 5) is 10.9. The van der Waals surface area contributed by atoms with Gasteiger partial charge in [-0.25, -0.2) is 4.79 Å². The van der Waals surface area contributed by atoms with Crippen LogP contribution in [0.4, 0.5) is 0 Å². The molecule has 1 aromatic heterocycles. The maximum atomic E-state index is 10.9. The molecule has 0 fully saturated rings. The van der Waals surface area contributed by atoms with Crippen molar-refractivity contribution >= 4 is 5.97 Å². The lowest BCUT2D eigenvalue weighted by molar-refractivity contribution is 0.0319. The van der Waals surface area contributed by atoms with Gasteiger partial charge in [-0.1, -0.05) is 0 Å². The fourth-order valence-electron chi connectivity index (χ4n) is 0.622. The number of rotatable bonds is 2. The summed E-state index contributed by atoms with van der Waals surface area (Å²) >= 11 is 0. The smallest absolute Gasteiger partial charge is 0.375 e. The van der Waals surface area contributed by atoms with E-state index in [9.17, 15) is 4.79 Å². The van der Waals surface area contributed by atoms with Crippen molar-refractivity contribution in [3.05, 3.63) is 24.2 Å². The Balaban J connectivity index is 2.57. The van der Waals surface area contributed by atoms with Crippen LogP contribution in [0.25, 0.3) is 0 Å². The van der Waals surface area contributed by atoms with Crippen LogP contribution in [-0.4, -0.2) is 12.2 Å². The zero-order valence-corrected chi connectivity index (χ0v) is 6.11. The standard InChI is InChI=1S/C7H9NO3/c1-5(8)11-7(9)6-3-2-4-10-6/h2-5H,8H2,1H3. The van der Waals surface area contributed by atoms with Crippen molar-refractivity contribution in [3.8, 4) is 0 Å². The molecule has 0 spiro atoms. The van der Waals surface area contributed by atoms with Gasteiger partial charge in [0.2, 0.25) is 5.76 Å². The summed E-state index contributed by atoms with van der Waals surface area (Å²) in [6.45, 7) is 1.57. The summed E-state index contributed by atoms with van der Waals surface area (Å²) in [7, 11) is 0. The van der Waals surface area contributed by atoms with Gasteiger partial charge in [-0.05, 0) is 19.1 Å². The number of ether oxygens (including phenoxy) is 1. The molecule has 2 N–H and O–H groups in total. The van der Waals surface area contributed by atoms with Crippen LogP contribution in [0.2, 0.25) is 0 Å². The van der Waals surface area contributed by atoms with E-state index in [0.717, 1.165) is 0 Å². The van der Waals surface area contributed by atoms with Gasteiger partial charge >= 0.3 is 5.97 Å². The lowest BCUT2D eigenvalue weighted by atomic mass is 10.4. The van der Waals surface area contributed by atoms with Crippen molar-refractivity contribution in [2.24, 2.45) is 5.73 Å². The van der Waals surface area contributed by atoms with Gasteiger partial charge in [0.25, 0.3) is 0 Å². The van der Waals surface area contributed by atoms with Crippen LogP contribution in [-0.2, 0) is 4.74 Å². The molecule has 4 nitrogen and oxygen atoms in total. The maximum absolute atomic E-state index is 10.9. The molecule has 0 aliphatic carbocycles. The maximum Gasteiger partial charge on any atom is 0.375 e. The summed E-state index contributed by atoms with van der Waals surface area (Å²) < 4.78 is 9.41. The molecule has 0 radical (unpaired) electrons. The molecule has 0 saturated heterocycles. The molecular formula is C7H9NO3. The van der Waals surface area contributed by atoms with E-state index in [1.54, 1.807) is 13.0 Å². The largest absolute Gasteiger partial charge is 0.457 e. The second kappa shape index (κ2) is 3.21. The Kier molecular flexibility index (Phi) is 2.28. The van der Waals surface area contributed by atoms with E-state index >= 15 is 0 Å². The zero-order chi connectivity index (χ0) is 8.27. The normalized spacial score (nSPS) is 12.5. The molecule has 0 aliphatic heterocycles. The summed E-state index contributed by atoms with van der Waals surface area (Å²) in [5.41, 5.74) is 5.21. The molecule has 0 aromatic carbocycles. The molecule has 1 rings (SSSR count). The number of carbonyl (C=O) groups excluding carboxylic acids is 1. The number of nitrogens with two attached hydrogens (primary N) is 1. The van der Waals surface area contributed by atoms with Gasteiger partial charge in [0, 0.05) is 0 Å². The Morgan fingerprint density at radius 2 is 2.55 bits per heavy atom. The van der Waals surface area contributed by atoms with E-state index < -0.39 is 12.2 Å². The Morgan fingerprint density at radius 3 is 3.00 bits per heavy atom. The molecule has 1 unspecified atom stereocenters. The van der Waals surface area contributed by atoms with Gasteiger partial charge in [0.1, 0.15) is 6.23 Å². The molecule has 60 valence electrons. The minimum atomic E-state index is -0.604. The van der Waals surface area contributed by atoms with Crippen LogP contribution in [0.5, 0.6) is 0 Å². The second-order valence-corrected chi connectivity index (χ2v) is 2.09. The van der Waals surface area contributed by atoms with Crippen LogP contribution < -0.4 is 5.73 Å². The van der Waals surface area contributed by atoms with Crippen LogP contribution >= 0.6 is 0 Å². The molecule has 4 heteroatoms. The number of furan rings is 1. The van der Waals surface area contributed by atoms with Crippen molar-refractivity contribution in [1.82, 2.24) is 0 Å². The SMILES string of the molecule is CC(N)OC(=O)c1ccco1. The van der Waals surface area contributed by atoms with Crippen molar-refractivity contribution in [3.63, 3.8) is 0 Å². The predicted molar refractivity (Wildman–Crippen MR) is 37.8 cm³/mol. The first-order chi connectivity index (χ1) is 5.20. The molecular weight excluding hydrogens is 146 g/mol. The van der Waals surface area contributed by atoms with E-state index in [4.69, 9.17) is 10.2 Å². The second-order valence-electron chi connectivity index (χ2n) is 2.09. The zero-order valence-electron chi connectivity index (χ0n) is 6.11. The highest BCUT2D eigenvalue weighted by molar-refractivity contribution is 5.86. The molecule has 0 amide bonds. The van der Waals surface area contributed by atoms with Gasteiger partial charge in [0.05, 0.1) is 6.26 Å². The van der Waals surface area contributed by atoms with Gasteiger partial charge in [0.15, 0.2) is 0 Å². The number of carbonyl (C=O) groups is 1. The number of hydrogen-bond donors (Lipinski definition) is 1. The van der Waals surface area contributed by atoms with Crippen LogP contribution in [0, 0.1) is 0 Å². The van der Waals surface area contributed by atoms with Crippen molar-refractivity contribution in [2.75, 3.05) is 0 Å². The first kappa shape index (κ1) is 7.81. The van der Waals surface area contributed by atoms with E-state index in [-0.39, 0.29) is 5.76 Å². The molecule has 1 heterocycles. The van der Waals surface area contributed by atoms with Crippen LogP contribution in [0.15, 0.2) is 22.8 Å². The van der Waals surface area contributed by atoms with Crippen molar-refractivity contribution in [2.45, 2.75) is 13.2 Å². The highest BCUT2D eigenvalue weighted by Crippen LogP contribution is 2.02. The third-order valence-electron chi connectivity index (χ3n) is 1.02. The molecule has 1 aromatic rings. The molecule has 0 saturated carbocycles. The van der Waals surface area contributed by atoms with Gasteiger partial charge in [-0.3, -0.25) is 5.73 Å². The first-order valence-corrected chi connectivity index (χ1v) is 3.20. The Bertz CT molecular complexity index is 228. The number of hydrogen-bond acceptors (Lipinski definition) is 4. The lowest BCUT2D eigenvalue weighted by Gasteiger charge is -2.04. The fourth-order valence-corrected chi connectivity index (χ4v) is 0.622. The molecule has 0 aliphatic rings. The van der Waals surface area contributed by atoms with Crippen LogP contribution in [0.3, 0.4) is 0 Å². The summed E-state index contributed by atoms with van der Waals surface area (Å²) in [5, 5.41) is 0. The third-order valence-corrected chi connectivity index (χ3v) is 1.02. The Labute approximate surface area is 63.9 Å². The molecule has 1 atom stereocenters. The average molecular weight is 155 g/mol.